The van der Waals surface area contributed by atoms with Crippen molar-refractivity contribution < 1.29 is 22.9 Å². The van der Waals surface area contributed by atoms with Crippen molar-refractivity contribution in [1.29, 1.82) is 0 Å². The van der Waals surface area contributed by atoms with Crippen LogP contribution in [0.3, 0.4) is 0 Å². The topological polar surface area (TPSA) is 134 Å². The van der Waals surface area contributed by atoms with Crippen LogP contribution >= 0.6 is 23.2 Å². The number of morpholine rings is 1. The van der Waals surface area contributed by atoms with Crippen molar-refractivity contribution in [2.45, 2.75) is 4.90 Å². The number of nitrogens with one attached hydrogen (secondary N) is 1. The molecule has 1 aliphatic heterocycles. The minimum Gasteiger partial charge on any atom is -0.378 e. The number of nitro benzene ring substituents is 1. The summed E-state index contributed by atoms with van der Waals surface area (Å²) in [6.07, 6.45) is 1.28. The van der Waals surface area contributed by atoms with Gasteiger partial charge in [-0.2, -0.15) is 5.10 Å². The number of hydrogen-bond acceptors (Lipinski definition) is 8. The van der Waals surface area contributed by atoms with E-state index < -0.39 is 27.4 Å². The molecule has 14 heteroatoms. The van der Waals surface area contributed by atoms with E-state index in [4.69, 9.17) is 27.9 Å². The molecule has 0 saturated carbocycles. The van der Waals surface area contributed by atoms with Crippen molar-refractivity contribution in [3.63, 3.8) is 0 Å². The van der Waals surface area contributed by atoms with Crippen molar-refractivity contribution in [2.75, 3.05) is 42.1 Å². The average Bonchev–Trinajstić information content (AvgIpc) is 2.93. The highest BCUT2D eigenvalue weighted by atomic mass is 35.5. The number of amides is 1. The normalized spacial score (nSPS) is 13.8. The Hall–Kier alpha value is -3.71. The Bertz CT molecular complexity index is 1500. The van der Waals surface area contributed by atoms with Gasteiger partial charge in [0.2, 0.25) is 0 Å². The Kier molecular flexibility index (Phi) is 9.02. The van der Waals surface area contributed by atoms with Crippen LogP contribution in [0.4, 0.5) is 17.1 Å². The maximum Gasteiger partial charge on any atom is 0.270 e. The first kappa shape index (κ1) is 28.3. The lowest BCUT2D eigenvalue weighted by atomic mass is 10.1. The van der Waals surface area contributed by atoms with Crippen LogP contribution in [0, 0.1) is 10.1 Å². The summed E-state index contributed by atoms with van der Waals surface area (Å²) in [7, 11) is -4.20. The zero-order valence-electron chi connectivity index (χ0n) is 20.4. The van der Waals surface area contributed by atoms with E-state index in [1.807, 2.05) is 4.90 Å². The van der Waals surface area contributed by atoms with E-state index in [2.05, 4.69) is 10.5 Å². The van der Waals surface area contributed by atoms with Crippen LogP contribution < -0.4 is 14.6 Å². The second-order valence-electron chi connectivity index (χ2n) is 8.31. The van der Waals surface area contributed by atoms with Gasteiger partial charge in [0.05, 0.1) is 40.0 Å². The molecule has 3 aromatic carbocycles. The Morgan fingerprint density at radius 2 is 1.82 bits per heavy atom. The zero-order chi connectivity index (χ0) is 28.0. The van der Waals surface area contributed by atoms with E-state index in [-0.39, 0.29) is 21.3 Å². The molecule has 0 spiro atoms. The summed E-state index contributed by atoms with van der Waals surface area (Å²) in [4.78, 5) is 25.6. The van der Waals surface area contributed by atoms with Crippen LogP contribution in [-0.2, 0) is 19.6 Å². The molecule has 0 aromatic heterocycles. The number of carbonyl (C=O) groups is 1. The summed E-state index contributed by atoms with van der Waals surface area (Å²) in [5.74, 6) is -0.768. The highest BCUT2D eigenvalue weighted by molar-refractivity contribution is 7.92. The molecule has 0 bridgehead atoms. The quantitative estimate of drug-likeness (QED) is 0.225. The molecule has 0 radical (unpaired) electrons. The molecule has 1 saturated heterocycles. The van der Waals surface area contributed by atoms with Gasteiger partial charge >= 0.3 is 0 Å². The number of rotatable bonds is 9. The number of non-ortho nitro benzene ring substituents is 1. The van der Waals surface area contributed by atoms with Gasteiger partial charge in [0.25, 0.3) is 21.6 Å². The third-order valence-electron chi connectivity index (χ3n) is 5.76. The first-order valence-electron chi connectivity index (χ1n) is 11.6. The van der Waals surface area contributed by atoms with E-state index in [0.29, 0.717) is 42.6 Å². The minimum absolute atomic E-state index is 0.0325. The molecule has 1 aliphatic rings. The highest BCUT2D eigenvalue weighted by Crippen LogP contribution is 2.32. The van der Waals surface area contributed by atoms with Crippen molar-refractivity contribution in [3.8, 4) is 0 Å². The second kappa shape index (κ2) is 12.4. The minimum atomic E-state index is -4.20. The van der Waals surface area contributed by atoms with Crippen LogP contribution in [0.5, 0.6) is 0 Å². The number of nitrogens with zero attached hydrogens (tertiary/aromatic N) is 4. The lowest BCUT2D eigenvalue weighted by Gasteiger charge is -2.29. The van der Waals surface area contributed by atoms with Gasteiger partial charge in [0, 0.05) is 41.5 Å². The van der Waals surface area contributed by atoms with Gasteiger partial charge in [-0.25, -0.2) is 13.8 Å². The monoisotopic (exact) mass is 591 g/mol. The predicted molar refractivity (Wildman–Crippen MR) is 149 cm³/mol. The molecule has 0 aliphatic carbocycles. The summed E-state index contributed by atoms with van der Waals surface area (Å²) in [6.45, 7) is 1.52. The van der Waals surface area contributed by atoms with E-state index >= 15 is 0 Å². The van der Waals surface area contributed by atoms with Crippen molar-refractivity contribution in [3.05, 3.63) is 92.5 Å². The molecule has 204 valence electrons. The van der Waals surface area contributed by atoms with Gasteiger partial charge in [-0.3, -0.25) is 19.2 Å². The average molecular weight is 592 g/mol. The third-order valence-corrected chi connectivity index (χ3v) is 8.08. The number of nitro groups is 1. The molecular weight excluding hydrogens is 569 g/mol. The second-order valence-corrected chi connectivity index (χ2v) is 11.0. The molecule has 1 N–H and O–H groups in total. The van der Waals surface area contributed by atoms with Gasteiger partial charge in [-0.15, -0.1) is 0 Å². The fraction of sp³-hybridized carbons (Fsp3) is 0.200. The van der Waals surface area contributed by atoms with Gasteiger partial charge < -0.3 is 9.64 Å². The van der Waals surface area contributed by atoms with Gasteiger partial charge in [0.1, 0.15) is 6.54 Å². The number of halogens is 2. The van der Waals surface area contributed by atoms with Crippen molar-refractivity contribution >= 4 is 62.4 Å². The molecule has 1 heterocycles. The first-order chi connectivity index (χ1) is 18.7. The standard InChI is InChI=1S/C25H23Cl2N5O6S/c26-19-6-8-24(22(27)15-19)31(39(36,37)21-4-2-1-3-5-21)17-25(33)29-28-16-18-14-20(32(34)35)7-9-23(18)30-10-12-38-13-11-30/h1-9,14-16H,10-13,17H2,(H,29,33)/b28-16-. The van der Waals surface area contributed by atoms with E-state index in [1.165, 1.54) is 48.7 Å². The number of ether oxygens (including phenoxy) is 1. The van der Waals surface area contributed by atoms with Crippen LogP contribution in [0.2, 0.25) is 10.0 Å². The molecule has 1 fully saturated rings. The number of anilines is 2. The van der Waals surface area contributed by atoms with Gasteiger partial charge in [-0.1, -0.05) is 41.4 Å². The van der Waals surface area contributed by atoms with Crippen LogP contribution in [-0.4, -0.2) is 58.3 Å². The Labute approximate surface area is 234 Å². The molecular formula is C25H23Cl2N5O6S. The van der Waals surface area contributed by atoms with Crippen LogP contribution in [0.1, 0.15) is 5.56 Å². The summed E-state index contributed by atoms with van der Waals surface area (Å²) in [5.41, 5.74) is 3.31. The van der Waals surface area contributed by atoms with Gasteiger partial charge in [-0.05, 0) is 36.4 Å². The Morgan fingerprint density at radius 3 is 2.49 bits per heavy atom. The van der Waals surface area contributed by atoms with E-state index in [0.717, 1.165) is 4.31 Å². The van der Waals surface area contributed by atoms with E-state index in [1.54, 1.807) is 24.3 Å². The first-order valence-corrected chi connectivity index (χ1v) is 13.8. The summed E-state index contributed by atoms with van der Waals surface area (Å²) in [5, 5.41) is 15.6. The maximum absolute atomic E-state index is 13.5. The lowest BCUT2D eigenvalue weighted by Crippen LogP contribution is -2.39. The lowest BCUT2D eigenvalue weighted by molar-refractivity contribution is -0.384. The van der Waals surface area contributed by atoms with Crippen LogP contribution in [0.25, 0.3) is 0 Å². The molecule has 39 heavy (non-hydrogen) atoms. The molecule has 4 rings (SSSR count). The Balaban J connectivity index is 1.59. The summed E-state index contributed by atoms with van der Waals surface area (Å²) >= 11 is 12.3. The molecule has 0 atom stereocenters. The number of benzene rings is 3. The largest absolute Gasteiger partial charge is 0.378 e. The zero-order valence-corrected chi connectivity index (χ0v) is 22.7. The Morgan fingerprint density at radius 1 is 1.10 bits per heavy atom. The predicted octanol–water partition coefficient (Wildman–Crippen LogP) is 4.08. The number of carbonyl (C=O) groups excluding carboxylic acids is 1. The molecule has 3 aromatic rings. The SMILES string of the molecule is O=C(CN(c1ccc(Cl)cc1Cl)S(=O)(=O)c1ccccc1)N/N=C\c1cc([N+](=O)[O-])ccc1N1CCOCC1. The number of hydrogen-bond donors (Lipinski definition) is 1. The summed E-state index contributed by atoms with van der Waals surface area (Å²) < 4.78 is 33.1. The van der Waals surface area contributed by atoms with E-state index in [9.17, 15) is 23.3 Å². The number of hydrazone groups is 1. The fourth-order valence-corrected chi connectivity index (χ4v) is 5.92. The molecule has 1 amide bonds. The molecule has 11 nitrogen and oxygen atoms in total. The van der Waals surface area contributed by atoms with Gasteiger partial charge in [0.15, 0.2) is 0 Å². The summed E-state index contributed by atoms with van der Waals surface area (Å²) in [6, 6.07) is 16.2. The van der Waals surface area contributed by atoms with Crippen molar-refractivity contribution in [2.24, 2.45) is 5.10 Å². The fourth-order valence-electron chi connectivity index (χ4n) is 3.89. The molecule has 0 unspecified atom stereocenters. The van der Waals surface area contributed by atoms with Crippen LogP contribution in [0.15, 0.2) is 76.7 Å². The highest BCUT2D eigenvalue weighted by Gasteiger charge is 2.29. The third kappa shape index (κ3) is 6.84. The smallest absolute Gasteiger partial charge is 0.270 e. The maximum atomic E-state index is 13.5. The van der Waals surface area contributed by atoms with Crippen molar-refractivity contribution in [1.82, 2.24) is 5.43 Å². The number of sulfonamides is 1.